The van der Waals surface area contributed by atoms with Gasteiger partial charge in [0.25, 0.3) is 0 Å². The molecule has 2 aromatic heterocycles. The topological polar surface area (TPSA) is 13.1 Å². The first-order valence-corrected chi connectivity index (χ1v) is 23.7. The van der Waals surface area contributed by atoms with Gasteiger partial charge in [-0.3, -0.25) is 0 Å². The number of fused-ring (bicyclic) bond motifs is 6. The molecule has 2 heterocycles. The maximum Gasteiger partial charge on any atom is 0.0546 e. The molecule has 0 saturated carbocycles. The van der Waals surface area contributed by atoms with Crippen LogP contribution in [-0.4, -0.2) is 9.13 Å². The summed E-state index contributed by atoms with van der Waals surface area (Å²) < 4.78 is 4.77. The Hall–Kier alpha value is -9.18. The highest BCUT2D eigenvalue weighted by Gasteiger charge is 2.24. The SMILES string of the molecule is c1ccc(-c2ccccc2-c2c(-c3ccccc3)cccc2N(c2cccc(-c3ccc4c(c3)c3ccccc3n4-c3ccccc3)c2)c2ccc3c(c2)c2ccccc2n3-c2ccccc2)cc1. The van der Waals surface area contributed by atoms with E-state index in [0.29, 0.717) is 0 Å². The lowest BCUT2D eigenvalue weighted by Crippen LogP contribution is -2.12. The average molecular weight is 880 g/mol. The van der Waals surface area contributed by atoms with Crippen LogP contribution in [0.3, 0.4) is 0 Å². The van der Waals surface area contributed by atoms with E-state index in [-0.39, 0.29) is 0 Å². The van der Waals surface area contributed by atoms with E-state index in [0.717, 1.165) is 56.2 Å². The lowest BCUT2D eigenvalue weighted by Gasteiger charge is -2.30. The van der Waals surface area contributed by atoms with Crippen LogP contribution in [0.4, 0.5) is 17.1 Å². The van der Waals surface area contributed by atoms with E-state index in [1.165, 1.54) is 60.3 Å². The highest BCUT2D eigenvalue weighted by atomic mass is 15.1. The summed E-state index contributed by atoms with van der Waals surface area (Å²) in [5, 5.41) is 4.87. The highest BCUT2D eigenvalue weighted by Crippen LogP contribution is 2.49. The molecular weight excluding hydrogens is 835 g/mol. The van der Waals surface area contributed by atoms with Crippen molar-refractivity contribution < 1.29 is 0 Å². The molecule has 0 amide bonds. The minimum Gasteiger partial charge on any atom is -0.310 e. The highest BCUT2D eigenvalue weighted by molar-refractivity contribution is 6.12. The second-order valence-electron chi connectivity index (χ2n) is 17.7. The van der Waals surface area contributed by atoms with E-state index < -0.39 is 0 Å². The number of anilines is 3. The van der Waals surface area contributed by atoms with Crippen LogP contribution < -0.4 is 4.90 Å². The van der Waals surface area contributed by atoms with Crippen LogP contribution in [0.25, 0.3) is 99.5 Å². The van der Waals surface area contributed by atoms with Gasteiger partial charge in [0.1, 0.15) is 0 Å². The molecule has 0 bridgehead atoms. The molecule has 0 saturated heterocycles. The maximum atomic E-state index is 2.49. The number of benzene rings is 11. The fourth-order valence-electron chi connectivity index (χ4n) is 10.7. The summed E-state index contributed by atoms with van der Waals surface area (Å²) in [7, 11) is 0. The van der Waals surface area contributed by atoms with Crippen molar-refractivity contribution in [2.24, 2.45) is 0 Å². The van der Waals surface area contributed by atoms with Gasteiger partial charge in [0, 0.05) is 49.9 Å². The Bertz CT molecular complexity index is 4000. The fourth-order valence-corrected chi connectivity index (χ4v) is 10.7. The van der Waals surface area contributed by atoms with Gasteiger partial charge in [0.15, 0.2) is 0 Å². The van der Waals surface area contributed by atoms with Crippen molar-refractivity contribution in [2.45, 2.75) is 0 Å². The molecule has 3 heteroatoms. The zero-order chi connectivity index (χ0) is 45.7. The number of nitrogens with zero attached hydrogens (tertiary/aromatic N) is 3. The molecule has 0 unspecified atom stereocenters. The Morgan fingerprint density at radius 2 is 0.681 bits per heavy atom. The van der Waals surface area contributed by atoms with E-state index in [2.05, 4.69) is 287 Å². The van der Waals surface area contributed by atoms with Gasteiger partial charge < -0.3 is 14.0 Å². The molecule has 324 valence electrons. The van der Waals surface area contributed by atoms with Crippen molar-refractivity contribution in [1.29, 1.82) is 0 Å². The molecule has 0 N–H and O–H groups in total. The van der Waals surface area contributed by atoms with Crippen molar-refractivity contribution >= 4 is 60.7 Å². The zero-order valence-corrected chi connectivity index (χ0v) is 37.8. The van der Waals surface area contributed by atoms with Crippen molar-refractivity contribution in [1.82, 2.24) is 9.13 Å². The first kappa shape index (κ1) is 40.1. The number of rotatable bonds is 9. The van der Waals surface area contributed by atoms with Crippen molar-refractivity contribution in [3.63, 3.8) is 0 Å². The number of hydrogen-bond acceptors (Lipinski definition) is 1. The Labute approximate surface area is 401 Å². The van der Waals surface area contributed by atoms with Gasteiger partial charge in [-0.05, 0) is 124 Å². The third-order valence-electron chi connectivity index (χ3n) is 13.7. The Balaban J connectivity index is 1.07. The van der Waals surface area contributed by atoms with E-state index in [1.54, 1.807) is 0 Å². The monoisotopic (exact) mass is 879 g/mol. The molecule has 0 fully saturated rings. The van der Waals surface area contributed by atoms with Gasteiger partial charge in [0.2, 0.25) is 0 Å². The van der Waals surface area contributed by atoms with E-state index in [9.17, 15) is 0 Å². The van der Waals surface area contributed by atoms with Crippen LogP contribution in [-0.2, 0) is 0 Å². The number of hydrogen-bond donors (Lipinski definition) is 0. The third kappa shape index (κ3) is 6.91. The standard InChI is InChI=1S/C66H45N3/c1-5-21-46(22-6-1)54-31-13-14-34-58(54)66-55(47-23-7-2-8-24-47)35-20-38-65(66)67(53-40-42-64-60(45-53)57-33-16-18-37-62(57)69(64)51-28-11-4-12-29-51)52-30-19-25-48(43-52)49-39-41-63-59(44-49)56-32-15-17-36-61(56)68(63)50-26-9-3-10-27-50/h1-45H. The van der Waals surface area contributed by atoms with E-state index in [1.807, 2.05) is 0 Å². The van der Waals surface area contributed by atoms with Crippen LogP contribution in [0, 0.1) is 0 Å². The van der Waals surface area contributed by atoms with Crippen LogP contribution >= 0.6 is 0 Å². The summed E-state index contributed by atoms with van der Waals surface area (Å²) in [6, 6.07) is 99.3. The molecule has 0 aliphatic rings. The fraction of sp³-hybridized carbons (Fsp3) is 0. The van der Waals surface area contributed by atoms with Crippen LogP contribution in [0.1, 0.15) is 0 Å². The van der Waals surface area contributed by atoms with Crippen molar-refractivity contribution in [3.05, 3.63) is 273 Å². The van der Waals surface area contributed by atoms with Crippen molar-refractivity contribution in [3.8, 4) is 55.9 Å². The number of para-hydroxylation sites is 4. The van der Waals surface area contributed by atoms with Crippen LogP contribution in [0.5, 0.6) is 0 Å². The van der Waals surface area contributed by atoms with Gasteiger partial charge in [0.05, 0.1) is 27.8 Å². The summed E-state index contributed by atoms with van der Waals surface area (Å²) in [5.74, 6) is 0. The molecule has 69 heavy (non-hydrogen) atoms. The predicted molar refractivity (Wildman–Crippen MR) is 292 cm³/mol. The van der Waals surface area contributed by atoms with Gasteiger partial charge in [-0.1, -0.05) is 188 Å². The minimum atomic E-state index is 1.06. The summed E-state index contributed by atoms with van der Waals surface area (Å²) >= 11 is 0. The van der Waals surface area contributed by atoms with Gasteiger partial charge in [-0.25, -0.2) is 0 Å². The molecule has 0 radical (unpaired) electrons. The average Bonchev–Trinajstić information content (AvgIpc) is 3.94. The minimum absolute atomic E-state index is 1.06. The van der Waals surface area contributed by atoms with Crippen molar-refractivity contribution in [2.75, 3.05) is 4.90 Å². The Morgan fingerprint density at radius 3 is 1.32 bits per heavy atom. The molecule has 13 aromatic rings. The first-order chi connectivity index (χ1) is 34.3. The molecule has 13 rings (SSSR count). The quantitative estimate of drug-likeness (QED) is 0.141. The second kappa shape index (κ2) is 16.9. The van der Waals surface area contributed by atoms with E-state index >= 15 is 0 Å². The smallest absolute Gasteiger partial charge is 0.0546 e. The summed E-state index contributed by atoms with van der Waals surface area (Å²) in [5.41, 5.74) is 19.6. The third-order valence-corrected chi connectivity index (χ3v) is 13.7. The second-order valence-corrected chi connectivity index (χ2v) is 17.7. The predicted octanol–water partition coefficient (Wildman–Crippen LogP) is 18.0. The lowest BCUT2D eigenvalue weighted by molar-refractivity contribution is 1.18. The molecule has 0 aliphatic carbocycles. The molecule has 0 atom stereocenters. The van der Waals surface area contributed by atoms with Gasteiger partial charge >= 0.3 is 0 Å². The molecule has 11 aromatic carbocycles. The Kier molecular flexibility index (Phi) is 9.84. The van der Waals surface area contributed by atoms with E-state index in [4.69, 9.17) is 0 Å². The lowest BCUT2D eigenvalue weighted by atomic mass is 9.87. The summed E-state index contributed by atoms with van der Waals surface area (Å²) in [6.45, 7) is 0. The first-order valence-electron chi connectivity index (χ1n) is 23.7. The van der Waals surface area contributed by atoms with Gasteiger partial charge in [-0.15, -0.1) is 0 Å². The molecule has 0 spiro atoms. The summed E-state index contributed by atoms with van der Waals surface area (Å²) in [6.07, 6.45) is 0. The number of aromatic nitrogens is 2. The molecule has 0 aliphatic heterocycles. The zero-order valence-electron chi connectivity index (χ0n) is 37.8. The van der Waals surface area contributed by atoms with Crippen LogP contribution in [0.15, 0.2) is 273 Å². The summed E-state index contributed by atoms with van der Waals surface area (Å²) in [4.78, 5) is 2.49. The van der Waals surface area contributed by atoms with Crippen LogP contribution in [0.2, 0.25) is 0 Å². The van der Waals surface area contributed by atoms with Gasteiger partial charge in [-0.2, -0.15) is 0 Å². The largest absolute Gasteiger partial charge is 0.310 e. The normalized spacial score (nSPS) is 11.5. The Morgan fingerprint density at radius 1 is 0.246 bits per heavy atom. The molecule has 3 nitrogen and oxygen atoms in total. The molecular formula is C66H45N3. The maximum absolute atomic E-state index is 2.49.